The third-order valence-corrected chi connectivity index (χ3v) is 2.38. The van der Waals surface area contributed by atoms with Gasteiger partial charge in [-0.15, -0.1) is 0 Å². The van der Waals surface area contributed by atoms with Gasteiger partial charge in [0.1, 0.15) is 5.82 Å². The van der Waals surface area contributed by atoms with Gasteiger partial charge in [-0.3, -0.25) is 0 Å². The third kappa shape index (κ3) is 2.00. The van der Waals surface area contributed by atoms with Crippen LogP contribution in [0.5, 0.6) is 0 Å². The van der Waals surface area contributed by atoms with Gasteiger partial charge in [-0.2, -0.15) is 0 Å². The molecule has 0 aliphatic rings. The molecule has 0 saturated heterocycles. The Morgan fingerprint density at radius 2 is 1.92 bits per heavy atom. The first-order valence-corrected chi connectivity index (χ1v) is 4.72. The topological polar surface area (TPSA) is 24.9 Å². The molecular formula is C11H18N2. The van der Waals surface area contributed by atoms with E-state index in [-0.39, 0.29) is 0 Å². The molecule has 0 fully saturated rings. The van der Waals surface area contributed by atoms with E-state index in [2.05, 4.69) is 44.1 Å². The normalized spacial score (nSPS) is 10.6. The van der Waals surface area contributed by atoms with Crippen LogP contribution in [0.4, 0.5) is 5.82 Å². The van der Waals surface area contributed by atoms with Crippen LogP contribution >= 0.6 is 0 Å². The van der Waals surface area contributed by atoms with Gasteiger partial charge in [-0.05, 0) is 37.0 Å². The molecule has 0 aliphatic carbocycles. The minimum absolute atomic E-state index is 0.492. The molecule has 0 saturated carbocycles. The maximum absolute atomic E-state index is 4.54. The van der Waals surface area contributed by atoms with Crippen molar-refractivity contribution in [2.24, 2.45) is 0 Å². The van der Waals surface area contributed by atoms with E-state index in [1.165, 1.54) is 11.1 Å². The lowest BCUT2D eigenvalue weighted by atomic mass is 10.0. The van der Waals surface area contributed by atoms with Crippen LogP contribution in [-0.4, -0.2) is 12.0 Å². The molecule has 0 aliphatic heterocycles. The van der Waals surface area contributed by atoms with Crippen molar-refractivity contribution in [2.75, 3.05) is 12.4 Å². The molecule has 0 bridgehead atoms. The summed E-state index contributed by atoms with van der Waals surface area (Å²) < 4.78 is 0. The first-order valence-electron chi connectivity index (χ1n) is 4.72. The SMILES string of the molecule is CNc1nc(C(C)C)cc(C)c1C. The van der Waals surface area contributed by atoms with Gasteiger partial charge in [0.15, 0.2) is 0 Å². The zero-order valence-electron chi connectivity index (χ0n) is 9.10. The zero-order valence-corrected chi connectivity index (χ0v) is 9.10. The molecule has 13 heavy (non-hydrogen) atoms. The molecule has 1 heterocycles. The first-order chi connectivity index (χ1) is 6.06. The highest BCUT2D eigenvalue weighted by Crippen LogP contribution is 2.21. The second-order valence-corrected chi connectivity index (χ2v) is 3.74. The average molecular weight is 178 g/mol. The third-order valence-electron chi connectivity index (χ3n) is 2.38. The summed E-state index contributed by atoms with van der Waals surface area (Å²) in [6.45, 7) is 8.55. The summed E-state index contributed by atoms with van der Waals surface area (Å²) in [6.07, 6.45) is 0. The fourth-order valence-electron chi connectivity index (χ4n) is 1.30. The number of hydrogen-bond donors (Lipinski definition) is 1. The van der Waals surface area contributed by atoms with Crippen LogP contribution < -0.4 is 5.32 Å². The van der Waals surface area contributed by atoms with Crippen LogP contribution in [0.2, 0.25) is 0 Å². The van der Waals surface area contributed by atoms with Crippen molar-refractivity contribution in [3.05, 3.63) is 22.9 Å². The summed E-state index contributed by atoms with van der Waals surface area (Å²) >= 11 is 0. The summed E-state index contributed by atoms with van der Waals surface area (Å²) in [4.78, 5) is 4.54. The van der Waals surface area contributed by atoms with E-state index in [4.69, 9.17) is 0 Å². The minimum Gasteiger partial charge on any atom is -0.373 e. The lowest BCUT2D eigenvalue weighted by Crippen LogP contribution is -2.02. The zero-order chi connectivity index (χ0) is 10.0. The highest BCUT2D eigenvalue weighted by Gasteiger charge is 2.06. The number of aromatic nitrogens is 1. The van der Waals surface area contributed by atoms with E-state index in [1.807, 2.05) is 7.05 Å². The van der Waals surface area contributed by atoms with Gasteiger partial charge in [-0.1, -0.05) is 13.8 Å². The van der Waals surface area contributed by atoms with Gasteiger partial charge < -0.3 is 5.32 Å². The molecule has 1 N–H and O–H groups in total. The molecule has 72 valence electrons. The van der Waals surface area contributed by atoms with Gasteiger partial charge in [-0.25, -0.2) is 4.98 Å². The number of pyridine rings is 1. The molecule has 0 radical (unpaired) electrons. The summed E-state index contributed by atoms with van der Waals surface area (Å²) in [5.74, 6) is 1.50. The number of anilines is 1. The molecule has 1 rings (SSSR count). The largest absolute Gasteiger partial charge is 0.373 e. The predicted molar refractivity (Wildman–Crippen MR) is 57.3 cm³/mol. The number of nitrogens with one attached hydrogen (secondary N) is 1. The Labute approximate surface area is 80.4 Å². The van der Waals surface area contributed by atoms with Crippen molar-refractivity contribution in [1.82, 2.24) is 4.98 Å². The smallest absolute Gasteiger partial charge is 0.129 e. The van der Waals surface area contributed by atoms with Crippen molar-refractivity contribution < 1.29 is 0 Å². The van der Waals surface area contributed by atoms with E-state index in [0.717, 1.165) is 11.5 Å². The first kappa shape index (κ1) is 10.0. The Morgan fingerprint density at radius 3 is 2.38 bits per heavy atom. The van der Waals surface area contributed by atoms with Gasteiger partial charge in [0.25, 0.3) is 0 Å². The summed E-state index contributed by atoms with van der Waals surface area (Å²) in [5, 5.41) is 3.12. The standard InChI is InChI=1S/C11H18N2/c1-7(2)10-6-8(3)9(4)11(12-5)13-10/h6-7H,1-5H3,(H,12,13). The predicted octanol–water partition coefficient (Wildman–Crippen LogP) is 2.86. The molecule has 2 nitrogen and oxygen atoms in total. The molecule has 0 unspecified atom stereocenters. The Morgan fingerprint density at radius 1 is 1.31 bits per heavy atom. The minimum atomic E-state index is 0.492. The van der Waals surface area contributed by atoms with Gasteiger partial charge in [0, 0.05) is 12.7 Å². The number of nitrogens with zero attached hydrogens (tertiary/aromatic N) is 1. The van der Waals surface area contributed by atoms with Crippen molar-refractivity contribution in [3.63, 3.8) is 0 Å². The van der Waals surface area contributed by atoms with Crippen LogP contribution in [0.25, 0.3) is 0 Å². The highest BCUT2D eigenvalue weighted by atomic mass is 15.0. The highest BCUT2D eigenvalue weighted by molar-refractivity contribution is 5.48. The summed E-state index contributed by atoms with van der Waals surface area (Å²) in [5.41, 5.74) is 3.71. The Kier molecular flexibility index (Phi) is 2.91. The lowest BCUT2D eigenvalue weighted by Gasteiger charge is -2.12. The van der Waals surface area contributed by atoms with Crippen LogP contribution in [0, 0.1) is 13.8 Å². The lowest BCUT2D eigenvalue weighted by molar-refractivity contribution is 0.820. The number of rotatable bonds is 2. The fourth-order valence-corrected chi connectivity index (χ4v) is 1.30. The molecule has 1 aromatic heterocycles. The Balaban J connectivity index is 3.22. The molecule has 1 aromatic rings. The van der Waals surface area contributed by atoms with E-state index in [1.54, 1.807) is 0 Å². The molecule has 0 atom stereocenters. The average Bonchev–Trinajstić information content (AvgIpc) is 2.09. The molecule has 0 spiro atoms. The van der Waals surface area contributed by atoms with Crippen LogP contribution in [-0.2, 0) is 0 Å². The van der Waals surface area contributed by atoms with Crippen LogP contribution in [0.1, 0.15) is 36.6 Å². The summed E-state index contributed by atoms with van der Waals surface area (Å²) in [6, 6.07) is 2.17. The van der Waals surface area contributed by atoms with Crippen LogP contribution in [0.3, 0.4) is 0 Å². The molecule has 0 aromatic carbocycles. The van der Waals surface area contributed by atoms with E-state index in [0.29, 0.717) is 5.92 Å². The second kappa shape index (κ2) is 3.77. The fraction of sp³-hybridized carbons (Fsp3) is 0.545. The van der Waals surface area contributed by atoms with Crippen LogP contribution in [0.15, 0.2) is 6.07 Å². The second-order valence-electron chi connectivity index (χ2n) is 3.74. The summed E-state index contributed by atoms with van der Waals surface area (Å²) in [7, 11) is 1.92. The van der Waals surface area contributed by atoms with E-state index in [9.17, 15) is 0 Å². The van der Waals surface area contributed by atoms with E-state index < -0.39 is 0 Å². The van der Waals surface area contributed by atoms with Gasteiger partial charge in [0.05, 0.1) is 0 Å². The molecule has 2 heteroatoms. The quantitative estimate of drug-likeness (QED) is 0.753. The van der Waals surface area contributed by atoms with E-state index >= 15 is 0 Å². The number of hydrogen-bond acceptors (Lipinski definition) is 2. The maximum Gasteiger partial charge on any atom is 0.129 e. The number of aryl methyl sites for hydroxylation is 1. The Hall–Kier alpha value is -1.05. The van der Waals surface area contributed by atoms with Crippen molar-refractivity contribution >= 4 is 5.82 Å². The van der Waals surface area contributed by atoms with Gasteiger partial charge in [0.2, 0.25) is 0 Å². The Bertz CT molecular complexity index is 303. The monoisotopic (exact) mass is 178 g/mol. The van der Waals surface area contributed by atoms with Gasteiger partial charge >= 0.3 is 0 Å². The van der Waals surface area contributed by atoms with Crippen molar-refractivity contribution in [1.29, 1.82) is 0 Å². The molecular weight excluding hydrogens is 160 g/mol. The maximum atomic E-state index is 4.54. The van der Waals surface area contributed by atoms with Crippen molar-refractivity contribution in [3.8, 4) is 0 Å². The van der Waals surface area contributed by atoms with Crippen molar-refractivity contribution in [2.45, 2.75) is 33.6 Å². The molecule has 0 amide bonds.